The molecule has 1 amide bonds. The van der Waals surface area contributed by atoms with Gasteiger partial charge in [0.05, 0.1) is 16.7 Å². The number of benzene rings is 1. The molecule has 118 valence electrons. The molecule has 2 aromatic rings. The van der Waals surface area contributed by atoms with Gasteiger partial charge in [-0.05, 0) is 38.4 Å². The molecule has 2 N–H and O–H groups in total. The third-order valence-electron chi connectivity index (χ3n) is 3.69. The Kier molecular flexibility index (Phi) is 5.94. The summed E-state index contributed by atoms with van der Waals surface area (Å²) in [6.07, 6.45) is 3.20. The Labute approximate surface area is 140 Å². The van der Waals surface area contributed by atoms with Crippen LogP contribution < -0.4 is 10.6 Å². The van der Waals surface area contributed by atoms with Crippen LogP contribution in [0.25, 0.3) is 11.3 Å². The number of nitrogens with zero attached hydrogens (tertiary/aromatic N) is 1. The van der Waals surface area contributed by atoms with E-state index < -0.39 is 0 Å². The molecule has 1 aromatic heterocycles. The van der Waals surface area contributed by atoms with Crippen LogP contribution in [-0.2, 0) is 4.79 Å². The molecule has 1 saturated heterocycles. The lowest BCUT2D eigenvalue weighted by molar-refractivity contribution is -0.118. The number of piperidine rings is 1. The van der Waals surface area contributed by atoms with Crippen molar-refractivity contribution in [2.45, 2.75) is 32.2 Å². The number of hydrogen-bond acceptors (Lipinski definition) is 4. The first-order valence-corrected chi connectivity index (χ1v) is 8.17. The summed E-state index contributed by atoms with van der Waals surface area (Å²) in [5, 5.41) is 9.35. The summed E-state index contributed by atoms with van der Waals surface area (Å²) < 4.78 is 0. The molecule has 0 unspecified atom stereocenters. The molecule has 6 heteroatoms. The Bertz CT molecular complexity index is 621. The zero-order chi connectivity index (χ0) is 14.7. The number of halogens is 1. The first-order chi connectivity index (χ1) is 10.2. The van der Waals surface area contributed by atoms with Gasteiger partial charge in [-0.15, -0.1) is 23.7 Å². The van der Waals surface area contributed by atoms with Crippen LogP contribution in [0.4, 0.5) is 5.69 Å². The van der Waals surface area contributed by atoms with Crippen molar-refractivity contribution in [1.29, 1.82) is 0 Å². The maximum atomic E-state index is 12.1. The van der Waals surface area contributed by atoms with E-state index in [1.54, 1.807) is 11.3 Å². The van der Waals surface area contributed by atoms with Crippen molar-refractivity contribution < 1.29 is 4.79 Å². The van der Waals surface area contributed by atoms with Gasteiger partial charge in [0.2, 0.25) is 5.91 Å². The quantitative estimate of drug-likeness (QED) is 0.899. The predicted octanol–water partition coefficient (Wildman–Crippen LogP) is 3.62. The van der Waals surface area contributed by atoms with Gasteiger partial charge in [-0.3, -0.25) is 4.79 Å². The van der Waals surface area contributed by atoms with Crippen LogP contribution in [0.15, 0.2) is 29.6 Å². The van der Waals surface area contributed by atoms with E-state index in [9.17, 15) is 4.79 Å². The highest BCUT2D eigenvalue weighted by atomic mass is 35.5. The standard InChI is InChI=1S/C16H19N3OS.ClH/c1-11-18-15(10-21-11)12-5-7-13(8-6-12)19-16(20)14-4-2-3-9-17-14;/h5-8,10,14,17H,2-4,9H2,1H3,(H,19,20);1H/t14-;/m1./s1. The summed E-state index contributed by atoms with van der Waals surface area (Å²) in [5.41, 5.74) is 2.90. The number of rotatable bonds is 3. The van der Waals surface area contributed by atoms with Gasteiger partial charge in [0.25, 0.3) is 0 Å². The first kappa shape index (κ1) is 16.9. The van der Waals surface area contributed by atoms with Crippen LogP contribution in [0.2, 0.25) is 0 Å². The SMILES string of the molecule is Cc1nc(-c2ccc(NC(=O)[C@H]3CCCCN3)cc2)cs1.Cl. The monoisotopic (exact) mass is 337 g/mol. The zero-order valence-corrected chi connectivity index (χ0v) is 14.1. The Hall–Kier alpha value is -1.43. The number of hydrogen-bond donors (Lipinski definition) is 2. The largest absolute Gasteiger partial charge is 0.325 e. The Morgan fingerprint density at radius 2 is 2.09 bits per heavy atom. The lowest BCUT2D eigenvalue weighted by atomic mass is 10.0. The maximum absolute atomic E-state index is 12.1. The normalized spacial score (nSPS) is 17.6. The summed E-state index contributed by atoms with van der Waals surface area (Å²) in [6.45, 7) is 2.93. The molecular weight excluding hydrogens is 318 g/mol. The molecule has 1 aliphatic heterocycles. The minimum atomic E-state index is -0.0559. The van der Waals surface area contributed by atoms with E-state index in [1.807, 2.05) is 31.2 Å². The number of carbonyl (C=O) groups excluding carboxylic acids is 1. The number of aryl methyl sites for hydroxylation is 1. The fraction of sp³-hybridized carbons (Fsp3) is 0.375. The second-order valence-electron chi connectivity index (χ2n) is 5.32. The van der Waals surface area contributed by atoms with Crippen molar-refractivity contribution in [3.8, 4) is 11.3 Å². The van der Waals surface area contributed by atoms with Gasteiger partial charge in [0.15, 0.2) is 0 Å². The van der Waals surface area contributed by atoms with Crippen LogP contribution in [0, 0.1) is 6.92 Å². The number of anilines is 1. The molecule has 0 spiro atoms. The molecule has 0 radical (unpaired) electrons. The molecule has 1 fully saturated rings. The van der Waals surface area contributed by atoms with Crippen LogP contribution in [0.1, 0.15) is 24.3 Å². The minimum absolute atomic E-state index is 0. The fourth-order valence-electron chi connectivity index (χ4n) is 2.53. The van der Waals surface area contributed by atoms with Gasteiger partial charge in [-0.2, -0.15) is 0 Å². The molecule has 1 atom stereocenters. The van der Waals surface area contributed by atoms with E-state index >= 15 is 0 Å². The smallest absolute Gasteiger partial charge is 0.241 e. The van der Waals surface area contributed by atoms with Crippen LogP contribution >= 0.6 is 23.7 Å². The molecule has 22 heavy (non-hydrogen) atoms. The highest BCUT2D eigenvalue weighted by Gasteiger charge is 2.20. The zero-order valence-electron chi connectivity index (χ0n) is 12.5. The number of aromatic nitrogens is 1. The topological polar surface area (TPSA) is 54.0 Å². The number of carbonyl (C=O) groups is 1. The Morgan fingerprint density at radius 3 is 2.68 bits per heavy atom. The molecular formula is C16H20ClN3OS. The van der Waals surface area contributed by atoms with Crippen molar-refractivity contribution in [1.82, 2.24) is 10.3 Å². The second kappa shape index (κ2) is 7.72. The average molecular weight is 338 g/mol. The van der Waals surface area contributed by atoms with Gasteiger partial charge in [-0.25, -0.2) is 4.98 Å². The van der Waals surface area contributed by atoms with Crippen LogP contribution in [0.3, 0.4) is 0 Å². The molecule has 1 aromatic carbocycles. The minimum Gasteiger partial charge on any atom is -0.325 e. The lowest BCUT2D eigenvalue weighted by Gasteiger charge is -2.22. The van der Waals surface area contributed by atoms with Crippen molar-refractivity contribution in [3.05, 3.63) is 34.7 Å². The molecule has 0 bridgehead atoms. The molecule has 0 saturated carbocycles. The van der Waals surface area contributed by atoms with E-state index in [-0.39, 0.29) is 24.4 Å². The second-order valence-corrected chi connectivity index (χ2v) is 6.38. The van der Waals surface area contributed by atoms with Crippen LogP contribution in [0.5, 0.6) is 0 Å². The summed E-state index contributed by atoms with van der Waals surface area (Å²) >= 11 is 1.64. The molecule has 3 rings (SSSR count). The molecule has 0 aliphatic carbocycles. The number of nitrogens with one attached hydrogen (secondary N) is 2. The molecule has 1 aliphatic rings. The van der Waals surface area contributed by atoms with E-state index in [0.717, 1.165) is 47.8 Å². The van der Waals surface area contributed by atoms with Crippen molar-refractivity contribution in [3.63, 3.8) is 0 Å². The average Bonchev–Trinajstić information content (AvgIpc) is 2.95. The number of amides is 1. The van der Waals surface area contributed by atoms with Crippen molar-refractivity contribution >= 4 is 35.3 Å². The van der Waals surface area contributed by atoms with Crippen molar-refractivity contribution in [2.24, 2.45) is 0 Å². The van der Waals surface area contributed by atoms with Gasteiger partial charge < -0.3 is 10.6 Å². The van der Waals surface area contributed by atoms with Gasteiger partial charge in [0.1, 0.15) is 0 Å². The predicted molar refractivity (Wildman–Crippen MR) is 93.8 cm³/mol. The van der Waals surface area contributed by atoms with Crippen molar-refractivity contribution in [2.75, 3.05) is 11.9 Å². The van der Waals surface area contributed by atoms with E-state index in [1.165, 1.54) is 0 Å². The summed E-state index contributed by atoms with van der Waals surface area (Å²) in [7, 11) is 0. The number of thiazole rings is 1. The Morgan fingerprint density at radius 1 is 1.32 bits per heavy atom. The van der Waals surface area contributed by atoms with Gasteiger partial charge in [0, 0.05) is 16.6 Å². The highest BCUT2D eigenvalue weighted by molar-refractivity contribution is 7.09. The third kappa shape index (κ3) is 4.06. The summed E-state index contributed by atoms with van der Waals surface area (Å²) in [5.74, 6) is 0.0620. The maximum Gasteiger partial charge on any atom is 0.241 e. The van der Waals surface area contributed by atoms with E-state index in [2.05, 4.69) is 21.0 Å². The van der Waals surface area contributed by atoms with E-state index in [0.29, 0.717) is 0 Å². The first-order valence-electron chi connectivity index (χ1n) is 7.29. The van der Waals surface area contributed by atoms with Gasteiger partial charge in [-0.1, -0.05) is 18.6 Å². The third-order valence-corrected chi connectivity index (χ3v) is 4.47. The Balaban J connectivity index is 0.00000176. The molecule has 4 nitrogen and oxygen atoms in total. The fourth-order valence-corrected chi connectivity index (χ4v) is 3.15. The summed E-state index contributed by atoms with van der Waals surface area (Å²) in [6, 6.07) is 7.81. The summed E-state index contributed by atoms with van der Waals surface area (Å²) in [4.78, 5) is 16.6. The highest BCUT2D eigenvalue weighted by Crippen LogP contribution is 2.23. The van der Waals surface area contributed by atoms with Gasteiger partial charge >= 0.3 is 0 Å². The van der Waals surface area contributed by atoms with E-state index in [4.69, 9.17) is 0 Å². The molecule has 2 heterocycles. The van der Waals surface area contributed by atoms with Crippen LogP contribution in [-0.4, -0.2) is 23.5 Å². The lowest BCUT2D eigenvalue weighted by Crippen LogP contribution is -2.43.